The summed E-state index contributed by atoms with van der Waals surface area (Å²) in [4.78, 5) is 2.68. The summed E-state index contributed by atoms with van der Waals surface area (Å²) in [5.41, 5.74) is 6.14. The third-order valence-corrected chi connectivity index (χ3v) is 5.01. The number of nitrogens with two attached hydrogens (primary N) is 1. The van der Waals surface area contributed by atoms with Crippen molar-refractivity contribution in [3.05, 3.63) is 0 Å². The quantitative estimate of drug-likeness (QED) is 0.816. The second-order valence-electron chi connectivity index (χ2n) is 6.59. The molecule has 100 valence electrons. The molecule has 0 aromatic rings. The molecule has 0 aromatic carbocycles. The second kappa shape index (κ2) is 6.19. The summed E-state index contributed by atoms with van der Waals surface area (Å²) in [7, 11) is 0. The molecule has 2 nitrogen and oxygen atoms in total. The van der Waals surface area contributed by atoms with Crippen LogP contribution in [-0.4, -0.2) is 30.6 Å². The summed E-state index contributed by atoms with van der Waals surface area (Å²) >= 11 is 0. The molecule has 1 aliphatic heterocycles. The first-order chi connectivity index (χ1) is 8.16. The zero-order valence-corrected chi connectivity index (χ0v) is 11.7. The van der Waals surface area contributed by atoms with Gasteiger partial charge in [-0.05, 0) is 50.1 Å². The van der Waals surface area contributed by atoms with Gasteiger partial charge in [0.15, 0.2) is 0 Å². The number of likely N-dealkylation sites (tertiary alicyclic amines) is 1. The van der Waals surface area contributed by atoms with Crippen molar-refractivity contribution in [1.82, 2.24) is 4.90 Å². The molecule has 2 N–H and O–H groups in total. The summed E-state index contributed by atoms with van der Waals surface area (Å²) in [6.45, 7) is 8.38. The molecule has 1 saturated carbocycles. The molecular weight excluding hydrogens is 208 g/mol. The minimum absolute atomic E-state index is 0.388. The topological polar surface area (TPSA) is 29.3 Å². The van der Waals surface area contributed by atoms with Crippen LogP contribution in [0.4, 0.5) is 0 Å². The van der Waals surface area contributed by atoms with E-state index in [0.29, 0.717) is 12.0 Å². The van der Waals surface area contributed by atoms with Crippen molar-refractivity contribution < 1.29 is 0 Å². The molecule has 0 amide bonds. The van der Waals surface area contributed by atoms with Crippen molar-refractivity contribution in [2.75, 3.05) is 19.6 Å². The first-order valence-electron chi connectivity index (χ1n) is 7.64. The van der Waals surface area contributed by atoms with Crippen molar-refractivity contribution in [1.29, 1.82) is 0 Å². The highest BCUT2D eigenvalue weighted by Gasteiger charge is 2.30. The monoisotopic (exact) mass is 238 g/mol. The zero-order chi connectivity index (χ0) is 12.3. The van der Waals surface area contributed by atoms with Crippen LogP contribution >= 0.6 is 0 Å². The summed E-state index contributed by atoms with van der Waals surface area (Å²) in [6, 6.07) is 0.388. The van der Waals surface area contributed by atoms with Gasteiger partial charge in [0.1, 0.15) is 0 Å². The highest BCUT2D eigenvalue weighted by atomic mass is 15.1. The largest absolute Gasteiger partial charge is 0.327 e. The van der Waals surface area contributed by atoms with Gasteiger partial charge in [-0.2, -0.15) is 0 Å². The fraction of sp³-hybridized carbons (Fsp3) is 1.00. The van der Waals surface area contributed by atoms with Crippen LogP contribution in [-0.2, 0) is 0 Å². The molecule has 2 fully saturated rings. The maximum atomic E-state index is 6.14. The number of piperidine rings is 1. The Kier molecular flexibility index (Phi) is 4.87. The lowest BCUT2D eigenvalue weighted by atomic mass is 9.75. The number of hydrogen-bond acceptors (Lipinski definition) is 2. The molecule has 3 atom stereocenters. The summed E-state index contributed by atoms with van der Waals surface area (Å²) < 4.78 is 0. The van der Waals surface area contributed by atoms with Crippen molar-refractivity contribution in [2.24, 2.45) is 23.5 Å². The van der Waals surface area contributed by atoms with Gasteiger partial charge >= 0.3 is 0 Å². The van der Waals surface area contributed by atoms with Gasteiger partial charge in [0.2, 0.25) is 0 Å². The van der Waals surface area contributed by atoms with Gasteiger partial charge in [-0.3, -0.25) is 0 Å². The van der Waals surface area contributed by atoms with Gasteiger partial charge in [-0.25, -0.2) is 0 Å². The molecular formula is C15H30N2. The number of hydrogen-bond donors (Lipinski definition) is 1. The fourth-order valence-corrected chi connectivity index (χ4v) is 3.54. The van der Waals surface area contributed by atoms with E-state index in [2.05, 4.69) is 18.7 Å². The summed E-state index contributed by atoms with van der Waals surface area (Å²) in [6.07, 6.45) is 8.57. The fourth-order valence-electron chi connectivity index (χ4n) is 3.54. The van der Waals surface area contributed by atoms with E-state index in [1.165, 1.54) is 58.2 Å². The average molecular weight is 238 g/mol. The van der Waals surface area contributed by atoms with E-state index < -0.39 is 0 Å². The molecule has 17 heavy (non-hydrogen) atoms. The third kappa shape index (κ3) is 3.69. The van der Waals surface area contributed by atoms with Crippen molar-refractivity contribution >= 4 is 0 Å². The van der Waals surface area contributed by atoms with E-state index in [0.717, 1.165) is 11.8 Å². The SMILES string of the molecule is CC(C)[C@H](N)CCN1CC[C@H]2CCCC[C@H]2C1. The number of rotatable bonds is 4. The van der Waals surface area contributed by atoms with Crippen LogP contribution in [0.25, 0.3) is 0 Å². The normalized spacial score (nSPS) is 32.5. The van der Waals surface area contributed by atoms with E-state index >= 15 is 0 Å². The Hall–Kier alpha value is -0.0800. The minimum atomic E-state index is 0.388. The lowest BCUT2D eigenvalue weighted by molar-refractivity contribution is 0.0838. The van der Waals surface area contributed by atoms with Crippen LogP contribution in [0.1, 0.15) is 52.4 Å². The molecule has 0 radical (unpaired) electrons. The summed E-state index contributed by atoms with van der Waals surface area (Å²) in [5.74, 6) is 2.69. The van der Waals surface area contributed by atoms with Gasteiger partial charge < -0.3 is 10.6 Å². The Labute approximate surface area is 107 Å². The van der Waals surface area contributed by atoms with E-state index in [4.69, 9.17) is 5.73 Å². The standard InChI is InChI=1S/C15H30N2/c1-12(2)15(16)8-10-17-9-7-13-5-3-4-6-14(13)11-17/h12-15H,3-11,16H2,1-2H3/t13-,14+,15-/m1/s1. The molecule has 1 aliphatic carbocycles. The average Bonchev–Trinajstić information content (AvgIpc) is 2.35. The van der Waals surface area contributed by atoms with Crippen LogP contribution in [0.5, 0.6) is 0 Å². The molecule has 1 saturated heterocycles. The lowest BCUT2D eigenvalue weighted by Gasteiger charge is -2.41. The first-order valence-corrected chi connectivity index (χ1v) is 7.64. The van der Waals surface area contributed by atoms with Crippen LogP contribution in [0.15, 0.2) is 0 Å². The lowest BCUT2D eigenvalue weighted by Crippen LogP contribution is -2.43. The van der Waals surface area contributed by atoms with Gasteiger partial charge in [0.05, 0.1) is 0 Å². The summed E-state index contributed by atoms with van der Waals surface area (Å²) in [5, 5.41) is 0. The maximum Gasteiger partial charge on any atom is 0.00740 e. The molecule has 0 unspecified atom stereocenters. The van der Waals surface area contributed by atoms with E-state index in [9.17, 15) is 0 Å². The number of nitrogens with zero attached hydrogens (tertiary/aromatic N) is 1. The van der Waals surface area contributed by atoms with Crippen LogP contribution in [0, 0.1) is 17.8 Å². The van der Waals surface area contributed by atoms with Crippen molar-refractivity contribution in [3.8, 4) is 0 Å². The van der Waals surface area contributed by atoms with Gasteiger partial charge in [0, 0.05) is 12.6 Å². The van der Waals surface area contributed by atoms with Crippen molar-refractivity contribution in [3.63, 3.8) is 0 Å². The predicted molar refractivity (Wildman–Crippen MR) is 73.9 cm³/mol. The second-order valence-corrected chi connectivity index (χ2v) is 6.59. The van der Waals surface area contributed by atoms with Gasteiger partial charge in [0.25, 0.3) is 0 Å². The van der Waals surface area contributed by atoms with E-state index in [1.54, 1.807) is 0 Å². The van der Waals surface area contributed by atoms with Gasteiger partial charge in [-0.15, -0.1) is 0 Å². The Bertz CT molecular complexity index is 227. The van der Waals surface area contributed by atoms with Crippen molar-refractivity contribution in [2.45, 2.75) is 58.4 Å². The molecule has 2 aliphatic rings. The number of fused-ring (bicyclic) bond motifs is 1. The van der Waals surface area contributed by atoms with E-state index in [1.807, 2.05) is 0 Å². The molecule has 0 aromatic heterocycles. The molecule has 1 heterocycles. The highest BCUT2D eigenvalue weighted by molar-refractivity contribution is 4.84. The van der Waals surface area contributed by atoms with Crippen LogP contribution in [0.3, 0.4) is 0 Å². The Morgan fingerprint density at radius 2 is 1.82 bits per heavy atom. The van der Waals surface area contributed by atoms with Crippen LogP contribution < -0.4 is 5.73 Å². The zero-order valence-electron chi connectivity index (χ0n) is 11.7. The smallest absolute Gasteiger partial charge is 0.00740 e. The Balaban J connectivity index is 1.72. The Morgan fingerprint density at radius 3 is 2.53 bits per heavy atom. The van der Waals surface area contributed by atoms with E-state index in [-0.39, 0.29) is 0 Å². The molecule has 2 heteroatoms. The first kappa shape index (κ1) is 13.4. The maximum absolute atomic E-state index is 6.14. The highest BCUT2D eigenvalue weighted by Crippen LogP contribution is 2.36. The Morgan fingerprint density at radius 1 is 1.12 bits per heavy atom. The van der Waals surface area contributed by atoms with Gasteiger partial charge in [-0.1, -0.05) is 33.1 Å². The minimum Gasteiger partial charge on any atom is -0.327 e. The molecule has 0 spiro atoms. The third-order valence-electron chi connectivity index (χ3n) is 5.01. The molecule has 2 rings (SSSR count). The predicted octanol–water partition coefficient (Wildman–Crippen LogP) is 2.87. The molecule has 0 bridgehead atoms. The van der Waals surface area contributed by atoms with Crippen LogP contribution in [0.2, 0.25) is 0 Å².